The minimum Gasteiger partial charge on any atom is -0.497 e. The Morgan fingerprint density at radius 3 is 2.58 bits per heavy atom. The lowest BCUT2D eigenvalue weighted by atomic mass is 10.2. The maximum Gasteiger partial charge on any atom is 0.174 e. The molecular formula is C20H19BrN2O2S. The molecule has 4 nitrogen and oxygen atoms in total. The van der Waals surface area contributed by atoms with E-state index in [0.29, 0.717) is 18.2 Å². The Bertz CT molecular complexity index is 851. The highest BCUT2D eigenvalue weighted by Crippen LogP contribution is 2.19. The molecule has 0 radical (unpaired) electrons. The quantitative estimate of drug-likeness (QED) is 0.526. The zero-order chi connectivity index (χ0) is 18.4. The van der Waals surface area contributed by atoms with E-state index in [0.717, 1.165) is 27.2 Å². The molecular weight excluding hydrogens is 412 g/mol. The fourth-order valence-electron chi connectivity index (χ4n) is 2.52. The average Bonchev–Trinajstić information content (AvgIpc) is 3.15. The molecule has 0 aliphatic carbocycles. The van der Waals surface area contributed by atoms with Crippen LogP contribution in [0, 0.1) is 0 Å². The smallest absolute Gasteiger partial charge is 0.174 e. The first-order valence-electron chi connectivity index (χ1n) is 8.11. The molecule has 0 bridgehead atoms. The number of halogens is 1. The van der Waals surface area contributed by atoms with Gasteiger partial charge in [0.1, 0.15) is 11.5 Å². The molecule has 3 rings (SSSR count). The van der Waals surface area contributed by atoms with Gasteiger partial charge in [0, 0.05) is 16.7 Å². The van der Waals surface area contributed by atoms with E-state index >= 15 is 0 Å². The standard InChI is InChI=1S/C20H19BrN2O2S/c1-24-18-9-7-17(8-10-18)22-20(26)23(14-19-6-3-11-25-19)13-15-4-2-5-16(21)12-15/h2-12H,13-14H2,1H3,(H,22,26). The summed E-state index contributed by atoms with van der Waals surface area (Å²) in [5.74, 6) is 1.67. The van der Waals surface area contributed by atoms with Gasteiger partial charge in [-0.05, 0) is 66.3 Å². The van der Waals surface area contributed by atoms with E-state index in [4.69, 9.17) is 21.4 Å². The number of ether oxygens (including phenoxy) is 1. The van der Waals surface area contributed by atoms with Crippen LogP contribution in [0.2, 0.25) is 0 Å². The lowest BCUT2D eigenvalue weighted by molar-refractivity contribution is 0.360. The van der Waals surface area contributed by atoms with Gasteiger partial charge in [-0.2, -0.15) is 0 Å². The third kappa shape index (κ3) is 5.09. The summed E-state index contributed by atoms with van der Waals surface area (Å²) in [4.78, 5) is 2.07. The molecule has 0 aliphatic rings. The first-order valence-corrected chi connectivity index (χ1v) is 9.31. The fourth-order valence-corrected chi connectivity index (χ4v) is 3.22. The summed E-state index contributed by atoms with van der Waals surface area (Å²) in [6.45, 7) is 1.25. The molecule has 0 saturated carbocycles. The second kappa shape index (κ2) is 8.87. The van der Waals surface area contributed by atoms with Crippen LogP contribution in [0.25, 0.3) is 0 Å². The summed E-state index contributed by atoms with van der Waals surface area (Å²) in [5, 5.41) is 3.92. The van der Waals surface area contributed by atoms with Crippen LogP contribution in [0.5, 0.6) is 5.75 Å². The van der Waals surface area contributed by atoms with Crippen molar-refractivity contribution >= 4 is 38.9 Å². The summed E-state index contributed by atoms with van der Waals surface area (Å²) in [6, 6.07) is 19.7. The van der Waals surface area contributed by atoms with Crippen LogP contribution >= 0.6 is 28.1 Å². The van der Waals surface area contributed by atoms with Crippen molar-refractivity contribution in [1.82, 2.24) is 4.90 Å². The van der Waals surface area contributed by atoms with Crippen molar-refractivity contribution in [3.63, 3.8) is 0 Å². The van der Waals surface area contributed by atoms with Gasteiger partial charge in [0.25, 0.3) is 0 Å². The first-order chi connectivity index (χ1) is 12.6. The van der Waals surface area contributed by atoms with Crippen LogP contribution in [0.1, 0.15) is 11.3 Å². The maximum absolute atomic E-state index is 5.65. The van der Waals surface area contributed by atoms with Crippen molar-refractivity contribution in [3.8, 4) is 5.75 Å². The number of hydrogen-bond donors (Lipinski definition) is 1. The number of methoxy groups -OCH3 is 1. The molecule has 2 aromatic carbocycles. The summed E-state index contributed by atoms with van der Waals surface area (Å²) in [6.07, 6.45) is 1.67. The van der Waals surface area contributed by atoms with Gasteiger partial charge >= 0.3 is 0 Å². The summed E-state index contributed by atoms with van der Waals surface area (Å²) >= 11 is 9.17. The SMILES string of the molecule is COc1ccc(NC(=S)N(Cc2cccc(Br)c2)Cc2ccco2)cc1. The van der Waals surface area contributed by atoms with E-state index in [1.165, 1.54) is 0 Å². The monoisotopic (exact) mass is 430 g/mol. The molecule has 0 amide bonds. The second-order valence-electron chi connectivity index (χ2n) is 5.72. The number of rotatable bonds is 6. The van der Waals surface area contributed by atoms with E-state index < -0.39 is 0 Å². The number of nitrogens with zero attached hydrogens (tertiary/aromatic N) is 1. The number of nitrogens with one attached hydrogen (secondary N) is 1. The molecule has 0 atom stereocenters. The first kappa shape index (κ1) is 18.5. The van der Waals surface area contributed by atoms with E-state index in [1.807, 2.05) is 48.5 Å². The van der Waals surface area contributed by atoms with Gasteiger partial charge in [-0.1, -0.05) is 28.1 Å². The van der Waals surface area contributed by atoms with Crippen molar-refractivity contribution in [3.05, 3.63) is 82.7 Å². The third-order valence-corrected chi connectivity index (χ3v) is 4.67. The molecule has 0 unspecified atom stereocenters. The highest BCUT2D eigenvalue weighted by atomic mass is 79.9. The summed E-state index contributed by atoms with van der Waals surface area (Å²) < 4.78 is 11.7. The van der Waals surface area contributed by atoms with E-state index in [9.17, 15) is 0 Å². The Labute approximate surface area is 166 Å². The highest BCUT2D eigenvalue weighted by Gasteiger charge is 2.13. The molecule has 1 N–H and O–H groups in total. The van der Waals surface area contributed by atoms with Crippen LogP contribution < -0.4 is 10.1 Å². The number of furan rings is 1. The fraction of sp³-hybridized carbons (Fsp3) is 0.150. The number of anilines is 1. The number of benzene rings is 2. The topological polar surface area (TPSA) is 37.6 Å². The lowest BCUT2D eigenvalue weighted by Gasteiger charge is -2.25. The highest BCUT2D eigenvalue weighted by molar-refractivity contribution is 9.10. The molecule has 0 aliphatic heterocycles. The predicted molar refractivity (Wildman–Crippen MR) is 111 cm³/mol. The van der Waals surface area contributed by atoms with Gasteiger partial charge in [0.05, 0.1) is 19.9 Å². The molecule has 26 heavy (non-hydrogen) atoms. The minimum absolute atomic E-state index is 0.585. The molecule has 1 aromatic heterocycles. The van der Waals surface area contributed by atoms with Gasteiger partial charge in [0.2, 0.25) is 0 Å². The van der Waals surface area contributed by atoms with Crippen molar-refractivity contribution in [2.75, 3.05) is 12.4 Å². The third-order valence-electron chi connectivity index (χ3n) is 3.82. The molecule has 0 spiro atoms. The Kier molecular flexibility index (Phi) is 6.30. The zero-order valence-corrected chi connectivity index (χ0v) is 16.7. The number of hydrogen-bond acceptors (Lipinski definition) is 3. The van der Waals surface area contributed by atoms with Crippen molar-refractivity contribution < 1.29 is 9.15 Å². The molecule has 1 heterocycles. The average molecular weight is 431 g/mol. The predicted octanol–water partition coefficient (Wildman–Crippen LogP) is 5.45. The van der Waals surface area contributed by atoms with Crippen LogP contribution in [0.3, 0.4) is 0 Å². The molecule has 6 heteroatoms. The molecule has 3 aromatic rings. The Balaban J connectivity index is 1.75. The summed E-state index contributed by atoms with van der Waals surface area (Å²) in [5.41, 5.74) is 2.07. The molecule has 134 valence electrons. The van der Waals surface area contributed by atoms with Crippen LogP contribution in [0.4, 0.5) is 5.69 Å². The maximum atomic E-state index is 5.65. The van der Waals surface area contributed by atoms with E-state index in [1.54, 1.807) is 13.4 Å². The molecule has 0 saturated heterocycles. The van der Waals surface area contributed by atoms with Gasteiger partial charge in [-0.25, -0.2) is 0 Å². The van der Waals surface area contributed by atoms with Crippen molar-refractivity contribution in [2.45, 2.75) is 13.1 Å². The Morgan fingerprint density at radius 1 is 1.12 bits per heavy atom. The summed E-state index contributed by atoms with van der Waals surface area (Å²) in [7, 11) is 1.65. The van der Waals surface area contributed by atoms with Crippen LogP contribution in [-0.2, 0) is 13.1 Å². The van der Waals surface area contributed by atoms with Gasteiger partial charge in [-0.3, -0.25) is 0 Å². The largest absolute Gasteiger partial charge is 0.497 e. The molecule has 0 fully saturated rings. The van der Waals surface area contributed by atoms with E-state index in [2.05, 4.69) is 38.3 Å². The van der Waals surface area contributed by atoms with Gasteiger partial charge in [-0.15, -0.1) is 0 Å². The van der Waals surface area contributed by atoms with E-state index in [-0.39, 0.29) is 0 Å². The lowest BCUT2D eigenvalue weighted by Crippen LogP contribution is -2.33. The van der Waals surface area contributed by atoms with Crippen molar-refractivity contribution in [2.24, 2.45) is 0 Å². The normalized spacial score (nSPS) is 10.4. The van der Waals surface area contributed by atoms with Crippen molar-refractivity contribution in [1.29, 1.82) is 0 Å². The van der Waals surface area contributed by atoms with Crippen LogP contribution in [0.15, 0.2) is 75.8 Å². The zero-order valence-electron chi connectivity index (χ0n) is 14.3. The minimum atomic E-state index is 0.585. The van der Waals surface area contributed by atoms with Gasteiger partial charge in [0.15, 0.2) is 5.11 Å². The van der Waals surface area contributed by atoms with Crippen LogP contribution in [-0.4, -0.2) is 17.1 Å². The Morgan fingerprint density at radius 2 is 1.92 bits per heavy atom. The Hall–Kier alpha value is -2.31. The second-order valence-corrected chi connectivity index (χ2v) is 7.03. The number of thiocarbonyl (C=S) groups is 1. The van der Waals surface area contributed by atoms with Gasteiger partial charge < -0.3 is 19.4 Å².